The number of hydrogen-bond acceptors (Lipinski definition) is 3. The first-order chi connectivity index (χ1) is 8.19. The molecule has 96 valence electrons. The molecular weight excluding hydrogens is 230 g/mol. The first-order valence-corrected chi connectivity index (χ1v) is 7.23. The molecule has 0 aliphatic heterocycles. The molecule has 1 rings (SSSR count). The van der Waals surface area contributed by atoms with E-state index in [-0.39, 0.29) is 6.61 Å². The Morgan fingerprint density at radius 1 is 1.29 bits per heavy atom. The summed E-state index contributed by atoms with van der Waals surface area (Å²) in [6.07, 6.45) is 0. The van der Waals surface area contributed by atoms with Crippen molar-refractivity contribution in [2.45, 2.75) is 31.7 Å². The van der Waals surface area contributed by atoms with Gasteiger partial charge in [0, 0.05) is 23.3 Å². The normalized spacial score (nSPS) is 14.6. The standard InChI is InChI=1S/C14H23NOS/c1-4-15-12(3)13-7-5-6-8-14(13)17-10-11(2)9-16/h5-8,11-12,15-16H,4,9-10H2,1-3H3. The van der Waals surface area contributed by atoms with Crippen LogP contribution in [0.1, 0.15) is 32.4 Å². The van der Waals surface area contributed by atoms with Gasteiger partial charge in [0.05, 0.1) is 0 Å². The summed E-state index contributed by atoms with van der Waals surface area (Å²) < 4.78 is 0. The summed E-state index contributed by atoms with van der Waals surface area (Å²) >= 11 is 1.83. The fraction of sp³-hybridized carbons (Fsp3) is 0.571. The molecule has 0 aromatic heterocycles. The van der Waals surface area contributed by atoms with Gasteiger partial charge in [0.2, 0.25) is 0 Å². The minimum atomic E-state index is 0.262. The Morgan fingerprint density at radius 2 is 2.00 bits per heavy atom. The van der Waals surface area contributed by atoms with Crippen molar-refractivity contribution in [1.82, 2.24) is 5.32 Å². The number of rotatable bonds is 7. The minimum Gasteiger partial charge on any atom is -0.396 e. The van der Waals surface area contributed by atoms with Crippen LogP contribution >= 0.6 is 11.8 Å². The van der Waals surface area contributed by atoms with Crippen LogP contribution in [0.2, 0.25) is 0 Å². The lowest BCUT2D eigenvalue weighted by Gasteiger charge is -2.17. The predicted molar refractivity (Wildman–Crippen MR) is 75.5 cm³/mol. The summed E-state index contributed by atoms with van der Waals surface area (Å²) in [5, 5.41) is 12.5. The van der Waals surface area contributed by atoms with Crippen molar-refractivity contribution in [2.24, 2.45) is 5.92 Å². The Morgan fingerprint density at radius 3 is 2.65 bits per heavy atom. The third-order valence-electron chi connectivity index (χ3n) is 2.73. The van der Waals surface area contributed by atoms with Crippen molar-refractivity contribution in [3.63, 3.8) is 0 Å². The zero-order valence-electron chi connectivity index (χ0n) is 10.9. The molecule has 0 amide bonds. The number of benzene rings is 1. The van der Waals surface area contributed by atoms with Crippen LogP contribution in [-0.4, -0.2) is 24.0 Å². The largest absolute Gasteiger partial charge is 0.396 e. The van der Waals surface area contributed by atoms with Gasteiger partial charge in [-0.2, -0.15) is 0 Å². The van der Waals surface area contributed by atoms with Crippen LogP contribution in [0.3, 0.4) is 0 Å². The van der Waals surface area contributed by atoms with Crippen LogP contribution < -0.4 is 5.32 Å². The molecule has 2 unspecified atom stereocenters. The lowest BCUT2D eigenvalue weighted by Crippen LogP contribution is -2.18. The van der Waals surface area contributed by atoms with Gasteiger partial charge in [-0.25, -0.2) is 0 Å². The molecule has 0 saturated carbocycles. The van der Waals surface area contributed by atoms with Gasteiger partial charge in [-0.15, -0.1) is 11.8 Å². The molecule has 0 spiro atoms. The van der Waals surface area contributed by atoms with E-state index in [0.29, 0.717) is 12.0 Å². The summed E-state index contributed by atoms with van der Waals surface area (Å²) in [5.74, 6) is 1.31. The van der Waals surface area contributed by atoms with Crippen LogP contribution in [0.25, 0.3) is 0 Å². The smallest absolute Gasteiger partial charge is 0.0464 e. The van der Waals surface area contributed by atoms with E-state index in [9.17, 15) is 0 Å². The lowest BCUT2D eigenvalue weighted by atomic mass is 10.1. The fourth-order valence-electron chi connectivity index (χ4n) is 1.67. The number of aliphatic hydroxyl groups is 1. The second-order valence-corrected chi connectivity index (χ2v) is 5.48. The molecular formula is C14H23NOS. The molecule has 0 aliphatic rings. The summed E-state index contributed by atoms with van der Waals surface area (Å²) in [5.41, 5.74) is 1.35. The SMILES string of the molecule is CCNC(C)c1ccccc1SCC(C)CO. The Labute approximate surface area is 109 Å². The molecule has 2 N–H and O–H groups in total. The molecule has 0 fully saturated rings. The zero-order chi connectivity index (χ0) is 12.7. The molecule has 0 heterocycles. The van der Waals surface area contributed by atoms with E-state index in [2.05, 4.69) is 50.4 Å². The maximum atomic E-state index is 9.05. The van der Waals surface area contributed by atoms with Gasteiger partial charge < -0.3 is 10.4 Å². The molecule has 2 atom stereocenters. The fourth-order valence-corrected chi connectivity index (χ4v) is 2.83. The molecule has 0 radical (unpaired) electrons. The van der Waals surface area contributed by atoms with E-state index < -0.39 is 0 Å². The number of hydrogen-bond donors (Lipinski definition) is 2. The third-order valence-corrected chi connectivity index (χ3v) is 4.15. The van der Waals surface area contributed by atoms with E-state index in [4.69, 9.17) is 5.11 Å². The highest BCUT2D eigenvalue weighted by atomic mass is 32.2. The highest BCUT2D eigenvalue weighted by molar-refractivity contribution is 7.99. The van der Waals surface area contributed by atoms with E-state index in [0.717, 1.165) is 12.3 Å². The van der Waals surface area contributed by atoms with E-state index in [1.54, 1.807) is 0 Å². The molecule has 0 aliphatic carbocycles. The maximum absolute atomic E-state index is 9.05. The predicted octanol–water partition coefficient (Wildman–Crippen LogP) is 3.08. The minimum absolute atomic E-state index is 0.262. The number of aliphatic hydroxyl groups excluding tert-OH is 1. The van der Waals surface area contributed by atoms with Gasteiger partial charge in [-0.3, -0.25) is 0 Å². The first kappa shape index (κ1) is 14.6. The van der Waals surface area contributed by atoms with E-state index >= 15 is 0 Å². The quantitative estimate of drug-likeness (QED) is 0.733. The van der Waals surface area contributed by atoms with Crippen molar-refractivity contribution in [3.8, 4) is 0 Å². The zero-order valence-corrected chi connectivity index (χ0v) is 11.8. The second-order valence-electron chi connectivity index (χ2n) is 4.42. The highest BCUT2D eigenvalue weighted by Gasteiger charge is 2.10. The molecule has 0 bridgehead atoms. The van der Waals surface area contributed by atoms with Crippen LogP contribution in [-0.2, 0) is 0 Å². The van der Waals surface area contributed by atoms with Crippen molar-refractivity contribution in [1.29, 1.82) is 0 Å². The average molecular weight is 253 g/mol. The van der Waals surface area contributed by atoms with Gasteiger partial charge in [0.15, 0.2) is 0 Å². The summed E-state index contributed by atoms with van der Waals surface area (Å²) in [7, 11) is 0. The van der Waals surface area contributed by atoms with Crippen LogP contribution in [0, 0.1) is 5.92 Å². The first-order valence-electron chi connectivity index (χ1n) is 6.25. The number of nitrogens with one attached hydrogen (secondary N) is 1. The van der Waals surface area contributed by atoms with Crippen molar-refractivity contribution < 1.29 is 5.11 Å². The molecule has 17 heavy (non-hydrogen) atoms. The molecule has 1 aromatic rings. The van der Waals surface area contributed by atoms with Gasteiger partial charge in [-0.1, -0.05) is 32.0 Å². The Bertz CT molecular complexity index is 330. The van der Waals surface area contributed by atoms with Crippen LogP contribution in [0.5, 0.6) is 0 Å². The molecule has 0 saturated heterocycles. The Balaban J connectivity index is 2.70. The monoisotopic (exact) mass is 253 g/mol. The summed E-state index contributed by atoms with van der Waals surface area (Å²) in [4.78, 5) is 1.32. The van der Waals surface area contributed by atoms with Crippen LogP contribution in [0.15, 0.2) is 29.2 Å². The van der Waals surface area contributed by atoms with E-state index in [1.807, 2.05) is 11.8 Å². The third kappa shape index (κ3) is 4.70. The molecule has 2 nitrogen and oxygen atoms in total. The molecule has 1 aromatic carbocycles. The number of thioether (sulfide) groups is 1. The van der Waals surface area contributed by atoms with Gasteiger partial charge in [-0.05, 0) is 31.0 Å². The maximum Gasteiger partial charge on any atom is 0.0464 e. The topological polar surface area (TPSA) is 32.3 Å². The highest BCUT2D eigenvalue weighted by Crippen LogP contribution is 2.28. The summed E-state index contributed by atoms with van der Waals surface area (Å²) in [6, 6.07) is 8.89. The molecule has 3 heteroatoms. The van der Waals surface area contributed by atoms with Gasteiger partial charge in [0.1, 0.15) is 0 Å². The van der Waals surface area contributed by atoms with Gasteiger partial charge >= 0.3 is 0 Å². The van der Waals surface area contributed by atoms with Crippen molar-refractivity contribution in [3.05, 3.63) is 29.8 Å². The lowest BCUT2D eigenvalue weighted by molar-refractivity contribution is 0.250. The Hall–Kier alpha value is -0.510. The summed E-state index contributed by atoms with van der Waals surface area (Å²) in [6.45, 7) is 7.63. The average Bonchev–Trinajstić information content (AvgIpc) is 2.36. The second kappa shape index (κ2) is 7.75. The van der Waals surface area contributed by atoms with Crippen LogP contribution in [0.4, 0.5) is 0 Å². The van der Waals surface area contributed by atoms with Crippen molar-refractivity contribution in [2.75, 3.05) is 18.9 Å². The van der Waals surface area contributed by atoms with E-state index in [1.165, 1.54) is 10.5 Å². The Kier molecular flexibility index (Phi) is 6.63. The van der Waals surface area contributed by atoms with Crippen molar-refractivity contribution >= 4 is 11.8 Å². The van der Waals surface area contributed by atoms with Gasteiger partial charge in [0.25, 0.3) is 0 Å².